The molecule has 0 aliphatic heterocycles. The lowest BCUT2D eigenvalue weighted by atomic mass is 9.96. The minimum Gasteiger partial charge on any atom is -0.481 e. The Morgan fingerprint density at radius 2 is 2.20 bits per heavy atom. The summed E-state index contributed by atoms with van der Waals surface area (Å²) in [6.45, 7) is 0. The van der Waals surface area contributed by atoms with Gasteiger partial charge in [0, 0.05) is 4.47 Å². The Hall–Kier alpha value is -0.830. The molecule has 3 heteroatoms. The average Bonchev–Trinajstić information content (AvgIpc) is 2.66. The van der Waals surface area contributed by atoms with Crippen LogP contribution >= 0.6 is 15.9 Å². The lowest BCUT2D eigenvalue weighted by Crippen LogP contribution is -2.09. The molecule has 1 aliphatic carbocycles. The first kappa shape index (κ1) is 10.7. The van der Waals surface area contributed by atoms with E-state index in [1.807, 2.05) is 12.1 Å². The van der Waals surface area contributed by atoms with Crippen LogP contribution in [0.1, 0.15) is 30.7 Å². The predicted molar refractivity (Wildman–Crippen MR) is 61.9 cm³/mol. The minimum absolute atomic E-state index is 0.144. The van der Waals surface area contributed by atoms with Gasteiger partial charge in [0.25, 0.3) is 0 Å². The third-order valence-corrected chi connectivity index (χ3v) is 3.60. The Bertz CT molecular complexity index is 376. The standard InChI is InChI=1S/C12H13BrO2/c13-11-3-1-2-8(7-11)9-4-5-10(6-9)12(14)15/h1-3,7,9-10H,4-6H2,(H,14,15). The number of hydrogen-bond donors (Lipinski definition) is 1. The predicted octanol–water partition coefficient (Wildman–Crippen LogP) is 3.42. The molecule has 1 saturated carbocycles. The van der Waals surface area contributed by atoms with Crippen LogP contribution in [0.15, 0.2) is 28.7 Å². The molecular weight excluding hydrogens is 256 g/mol. The van der Waals surface area contributed by atoms with Gasteiger partial charge in [-0.15, -0.1) is 0 Å². The van der Waals surface area contributed by atoms with E-state index < -0.39 is 5.97 Å². The highest BCUT2D eigenvalue weighted by Crippen LogP contribution is 2.38. The molecule has 2 atom stereocenters. The number of carboxylic acid groups (broad SMARTS) is 1. The molecule has 0 saturated heterocycles. The zero-order valence-corrected chi connectivity index (χ0v) is 9.90. The van der Waals surface area contributed by atoms with Crippen LogP contribution in [0.25, 0.3) is 0 Å². The van der Waals surface area contributed by atoms with Crippen molar-refractivity contribution in [2.45, 2.75) is 25.2 Å². The maximum atomic E-state index is 10.8. The van der Waals surface area contributed by atoms with Gasteiger partial charge in [-0.25, -0.2) is 0 Å². The molecule has 1 aromatic carbocycles. The van der Waals surface area contributed by atoms with Crippen molar-refractivity contribution < 1.29 is 9.90 Å². The van der Waals surface area contributed by atoms with Crippen LogP contribution in [0.2, 0.25) is 0 Å². The number of benzene rings is 1. The van der Waals surface area contributed by atoms with Gasteiger partial charge in [0.2, 0.25) is 0 Å². The highest BCUT2D eigenvalue weighted by molar-refractivity contribution is 9.10. The third kappa shape index (κ3) is 2.40. The van der Waals surface area contributed by atoms with Crippen molar-refractivity contribution in [2.75, 3.05) is 0 Å². The number of hydrogen-bond acceptors (Lipinski definition) is 1. The van der Waals surface area contributed by atoms with Crippen LogP contribution in [0.5, 0.6) is 0 Å². The van der Waals surface area contributed by atoms with Gasteiger partial charge in [-0.1, -0.05) is 28.1 Å². The van der Waals surface area contributed by atoms with E-state index in [0.717, 1.165) is 23.7 Å². The summed E-state index contributed by atoms with van der Waals surface area (Å²) in [5, 5.41) is 8.92. The summed E-state index contributed by atoms with van der Waals surface area (Å²) in [6, 6.07) is 8.18. The highest BCUT2D eigenvalue weighted by Gasteiger charge is 2.30. The zero-order chi connectivity index (χ0) is 10.8. The molecule has 2 nitrogen and oxygen atoms in total. The molecule has 2 unspecified atom stereocenters. The Morgan fingerprint density at radius 3 is 2.80 bits per heavy atom. The van der Waals surface area contributed by atoms with Crippen molar-refractivity contribution >= 4 is 21.9 Å². The first-order valence-corrected chi connectivity index (χ1v) is 5.94. The van der Waals surface area contributed by atoms with Crippen molar-refractivity contribution in [1.82, 2.24) is 0 Å². The second-order valence-corrected chi connectivity index (χ2v) is 5.02. The minimum atomic E-state index is -0.646. The third-order valence-electron chi connectivity index (χ3n) is 3.10. The fraction of sp³-hybridized carbons (Fsp3) is 0.417. The Balaban J connectivity index is 2.11. The van der Waals surface area contributed by atoms with Gasteiger partial charge >= 0.3 is 5.97 Å². The molecule has 1 fully saturated rings. The van der Waals surface area contributed by atoms with Gasteiger partial charge in [0.1, 0.15) is 0 Å². The van der Waals surface area contributed by atoms with Crippen molar-refractivity contribution in [3.8, 4) is 0 Å². The summed E-state index contributed by atoms with van der Waals surface area (Å²) in [4.78, 5) is 10.8. The van der Waals surface area contributed by atoms with Crippen molar-refractivity contribution in [3.05, 3.63) is 34.3 Å². The smallest absolute Gasteiger partial charge is 0.306 e. The maximum absolute atomic E-state index is 10.8. The fourth-order valence-electron chi connectivity index (χ4n) is 2.27. The monoisotopic (exact) mass is 268 g/mol. The SMILES string of the molecule is O=C(O)C1CCC(c2cccc(Br)c2)C1. The molecular formula is C12H13BrO2. The summed E-state index contributed by atoms with van der Waals surface area (Å²) in [6.07, 6.45) is 2.59. The van der Waals surface area contributed by atoms with E-state index in [-0.39, 0.29) is 5.92 Å². The van der Waals surface area contributed by atoms with E-state index in [1.54, 1.807) is 0 Å². The summed E-state index contributed by atoms with van der Waals surface area (Å²) >= 11 is 3.44. The molecule has 2 rings (SSSR count). The van der Waals surface area contributed by atoms with Gasteiger partial charge in [-0.05, 0) is 42.9 Å². The van der Waals surface area contributed by atoms with Crippen LogP contribution in [-0.4, -0.2) is 11.1 Å². The van der Waals surface area contributed by atoms with Gasteiger partial charge in [-0.2, -0.15) is 0 Å². The number of halogens is 1. The molecule has 1 N–H and O–H groups in total. The van der Waals surface area contributed by atoms with E-state index in [4.69, 9.17) is 5.11 Å². The Labute approximate surface area is 97.4 Å². The largest absolute Gasteiger partial charge is 0.481 e. The molecule has 15 heavy (non-hydrogen) atoms. The van der Waals surface area contributed by atoms with Gasteiger partial charge in [0.15, 0.2) is 0 Å². The number of carbonyl (C=O) groups is 1. The van der Waals surface area contributed by atoms with Crippen LogP contribution in [0, 0.1) is 5.92 Å². The van der Waals surface area contributed by atoms with Crippen LogP contribution < -0.4 is 0 Å². The molecule has 1 aromatic rings. The van der Waals surface area contributed by atoms with Crippen molar-refractivity contribution in [3.63, 3.8) is 0 Å². The van der Waals surface area contributed by atoms with Gasteiger partial charge < -0.3 is 5.11 Å². The second kappa shape index (κ2) is 4.35. The van der Waals surface area contributed by atoms with E-state index in [9.17, 15) is 4.79 Å². The molecule has 0 amide bonds. The van der Waals surface area contributed by atoms with Gasteiger partial charge in [-0.3, -0.25) is 4.79 Å². The molecule has 1 aliphatic rings. The van der Waals surface area contributed by atoms with Crippen LogP contribution in [0.3, 0.4) is 0 Å². The summed E-state index contributed by atoms with van der Waals surface area (Å²) < 4.78 is 1.07. The van der Waals surface area contributed by atoms with E-state index in [2.05, 4.69) is 28.1 Å². The van der Waals surface area contributed by atoms with Crippen LogP contribution in [0.4, 0.5) is 0 Å². The molecule has 0 radical (unpaired) electrons. The Morgan fingerprint density at radius 1 is 1.40 bits per heavy atom. The number of rotatable bonds is 2. The average molecular weight is 269 g/mol. The zero-order valence-electron chi connectivity index (χ0n) is 8.32. The first-order chi connectivity index (χ1) is 7.16. The highest BCUT2D eigenvalue weighted by atomic mass is 79.9. The fourth-order valence-corrected chi connectivity index (χ4v) is 2.69. The molecule has 0 heterocycles. The number of aliphatic carboxylic acids is 1. The van der Waals surface area contributed by atoms with Crippen molar-refractivity contribution in [2.24, 2.45) is 5.92 Å². The van der Waals surface area contributed by atoms with Crippen molar-refractivity contribution in [1.29, 1.82) is 0 Å². The topological polar surface area (TPSA) is 37.3 Å². The second-order valence-electron chi connectivity index (χ2n) is 4.10. The number of carboxylic acids is 1. The van der Waals surface area contributed by atoms with E-state index >= 15 is 0 Å². The quantitative estimate of drug-likeness (QED) is 0.893. The Kier molecular flexibility index (Phi) is 3.10. The molecule has 80 valence electrons. The normalized spacial score (nSPS) is 25.4. The summed E-state index contributed by atoms with van der Waals surface area (Å²) in [5.74, 6) is -0.370. The summed E-state index contributed by atoms with van der Waals surface area (Å²) in [5.41, 5.74) is 1.26. The summed E-state index contributed by atoms with van der Waals surface area (Å²) in [7, 11) is 0. The van der Waals surface area contributed by atoms with Crippen LogP contribution in [-0.2, 0) is 4.79 Å². The molecule has 0 aromatic heterocycles. The lowest BCUT2D eigenvalue weighted by molar-refractivity contribution is -0.141. The van der Waals surface area contributed by atoms with Gasteiger partial charge in [0.05, 0.1) is 5.92 Å². The molecule has 0 spiro atoms. The van der Waals surface area contributed by atoms with E-state index in [1.165, 1.54) is 5.56 Å². The van der Waals surface area contributed by atoms with E-state index in [0.29, 0.717) is 5.92 Å². The first-order valence-electron chi connectivity index (χ1n) is 5.15. The maximum Gasteiger partial charge on any atom is 0.306 e. The molecule has 0 bridgehead atoms. The lowest BCUT2D eigenvalue weighted by Gasteiger charge is -2.09.